The van der Waals surface area contributed by atoms with E-state index in [1.165, 1.54) is 0 Å². The van der Waals surface area contributed by atoms with Gasteiger partial charge in [0.25, 0.3) is 5.91 Å². The fourth-order valence-corrected chi connectivity index (χ4v) is 2.56. The lowest BCUT2D eigenvalue weighted by Crippen LogP contribution is -2.43. The Bertz CT molecular complexity index is 976. The third-order valence-corrected chi connectivity index (χ3v) is 3.71. The summed E-state index contributed by atoms with van der Waals surface area (Å²) in [6, 6.07) is 12.5. The van der Waals surface area contributed by atoms with Gasteiger partial charge in [-0.05, 0) is 56.7 Å². The molecule has 0 atom stereocenters. The molecule has 140 valence electrons. The molecule has 1 aliphatic rings. The van der Waals surface area contributed by atoms with Gasteiger partial charge in [0.05, 0.1) is 10.7 Å². The number of nitrogens with zero attached hydrogens (tertiary/aromatic N) is 2. The van der Waals surface area contributed by atoms with Gasteiger partial charge in [-0.25, -0.2) is 4.79 Å². The van der Waals surface area contributed by atoms with Crippen molar-refractivity contribution in [1.82, 2.24) is 5.32 Å². The van der Waals surface area contributed by atoms with Crippen molar-refractivity contribution in [2.45, 2.75) is 32.9 Å². The van der Waals surface area contributed by atoms with E-state index in [1.54, 1.807) is 12.1 Å². The maximum atomic E-state index is 11.8. The third-order valence-electron chi connectivity index (χ3n) is 3.71. The molecule has 0 spiro atoms. The Kier molecular flexibility index (Phi) is 5.21. The monoisotopic (exact) mass is 366 g/mol. The van der Waals surface area contributed by atoms with Gasteiger partial charge < -0.3 is 15.4 Å². The number of rotatable bonds is 6. The van der Waals surface area contributed by atoms with Crippen LogP contribution >= 0.6 is 0 Å². The molecule has 0 saturated heterocycles. The minimum absolute atomic E-state index is 0.0166. The zero-order chi connectivity index (χ0) is 19.4. The molecule has 0 fully saturated rings. The van der Waals surface area contributed by atoms with Crippen LogP contribution in [0.3, 0.4) is 0 Å². The van der Waals surface area contributed by atoms with Gasteiger partial charge in [0.1, 0.15) is 5.75 Å². The maximum Gasteiger partial charge on any atom is 0.368 e. The van der Waals surface area contributed by atoms with Crippen LogP contribution in [0.5, 0.6) is 5.75 Å². The predicted molar refractivity (Wildman–Crippen MR) is 101 cm³/mol. The number of anilines is 1. The lowest BCUT2D eigenvalue weighted by atomic mass is 10.1. The first kappa shape index (κ1) is 18.6. The summed E-state index contributed by atoms with van der Waals surface area (Å²) < 4.78 is 5.50. The fraction of sp³-hybridized carbons (Fsp3) is 0.300. The second-order valence-corrected chi connectivity index (χ2v) is 7.29. The zero-order valence-corrected chi connectivity index (χ0v) is 15.6. The molecule has 0 bridgehead atoms. The van der Waals surface area contributed by atoms with E-state index in [2.05, 4.69) is 20.6 Å². The van der Waals surface area contributed by atoms with E-state index in [-0.39, 0.29) is 18.1 Å². The van der Waals surface area contributed by atoms with Gasteiger partial charge in [-0.15, -0.1) is 0 Å². The molecule has 3 amide bonds. The van der Waals surface area contributed by atoms with Crippen LogP contribution < -0.4 is 26.1 Å². The van der Waals surface area contributed by atoms with Gasteiger partial charge >= 0.3 is 6.03 Å². The fourth-order valence-electron chi connectivity index (χ4n) is 2.56. The minimum atomic E-state index is -0.464. The second-order valence-electron chi connectivity index (χ2n) is 7.29. The van der Waals surface area contributed by atoms with Gasteiger partial charge in [-0.3, -0.25) is 4.79 Å². The average Bonchev–Trinajstić information content (AvgIpc) is 2.97. The first-order valence-electron chi connectivity index (χ1n) is 8.67. The summed E-state index contributed by atoms with van der Waals surface area (Å²) in [5.41, 5.74) is 1.64. The van der Waals surface area contributed by atoms with Crippen molar-refractivity contribution >= 4 is 17.6 Å². The number of carbonyl (C=O) groups excluding carboxylic acids is 2. The topological polar surface area (TPSA) is 92.1 Å². The van der Waals surface area contributed by atoms with Crippen LogP contribution in [0.4, 0.5) is 10.5 Å². The molecule has 7 heteroatoms. The second kappa shape index (κ2) is 7.57. The highest BCUT2D eigenvalue weighted by molar-refractivity contribution is 5.78. The van der Waals surface area contributed by atoms with Gasteiger partial charge in [-0.2, -0.15) is 9.98 Å². The van der Waals surface area contributed by atoms with Crippen molar-refractivity contribution in [1.29, 1.82) is 0 Å². The Morgan fingerprint density at radius 1 is 1.04 bits per heavy atom. The van der Waals surface area contributed by atoms with Crippen LogP contribution in [0.2, 0.25) is 0 Å². The quantitative estimate of drug-likeness (QED) is 0.817. The molecule has 0 unspecified atom stereocenters. The zero-order valence-electron chi connectivity index (χ0n) is 15.6. The first-order chi connectivity index (χ1) is 12.8. The number of hydrogen-bond acceptors (Lipinski definition) is 4. The summed E-state index contributed by atoms with van der Waals surface area (Å²) in [6.45, 7) is 6.36. The minimum Gasteiger partial charge on any atom is -0.484 e. The predicted octanol–water partition coefficient (Wildman–Crippen LogP) is 1.96. The number of benzene rings is 2. The molecule has 27 heavy (non-hydrogen) atoms. The summed E-state index contributed by atoms with van der Waals surface area (Å²) in [5, 5.41) is 7.32. The average molecular weight is 366 g/mol. The lowest BCUT2D eigenvalue weighted by molar-refractivity contribution is -0.124. The van der Waals surface area contributed by atoms with E-state index < -0.39 is 6.03 Å². The number of nitrogens with one attached hydrogen (secondary N) is 2. The molecule has 0 aliphatic carbocycles. The van der Waals surface area contributed by atoms with E-state index in [0.29, 0.717) is 23.0 Å². The van der Waals surface area contributed by atoms with E-state index in [1.807, 2.05) is 51.1 Å². The molecule has 1 aliphatic heterocycles. The molecular formula is C20H22N4O3. The normalized spacial score (nSPS) is 12.6. The van der Waals surface area contributed by atoms with E-state index >= 15 is 0 Å². The summed E-state index contributed by atoms with van der Waals surface area (Å²) >= 11 is 0. The van der Waals surface area contributed by atoms with Crippen molar-refractivity contribution < 1.29 is 14.3 Å². The molecule has 0 saturated carbocycles. The summed E-state index contributed by atoms with van der Waals surface area (Å²) in [4.78, 5) is 30.6. The van der Waals surface area contributed by atoms with Crippen LogP contribution in [0, 0.1) is 0 Å². The lowest BCUT2D eigenvalue weighted by Gasteiger charge is -2.20. The third kappa shape index (κ3) is 5.37. The van der Waals surface area contributed by atoms with Crippen molar-refractivity contribution in [3.8, 4) is 5.75 Å². The number of amides is 3. The summed E-state index contributed by atoms with van der Waals surface area (Å²) in [7, 11) is 0. The highest BCUT2D eigenvalue weighted by Crippen LogP contribution is 2.13. The molecule has 0 aromatic heterocycles. The van der Waals surface area contributed by atoms with Gasteiger partial charge in [0.2, 0.25) is 0 Å². The Labute approximate surface area is 157 Å². The molecule has 1 heterocycles. The molecule has 2 aromatic carbocycles. The van der Waals surface area contributed by atoms with E-state index in [0.717, 1.165) is 11.3 Å². The van der Waals surface area contributed by atoms with Crippen LogP contribution in [0.15, 0.2) is 52.4 Å². The van der Waals surface area contributed by atoms with Gasteiger partial charge in [-0.1, -0.05) is 12.1 Å². The number of ether oxygens (including phenoxy) is 1. The van der Waals surface area contributed by atoms with Gasteiger partial charge in [0.15, 0.2) is 6.61 Å². The summed E-state index contributed by atoms with van der Waals surface area (Å²) in [6.07, 6.45) is 0. The highest BCUT2D eigenvalue weighted by Gasteiger charge is 2.13. The van der Waals surface area contributed by atoms with Crippen molar-refractivity contribution in [2.24, 2.45) is 9.98 Å². The highest BCUT2D eigenvalue weighted by atomic mass is 16.5. The van der Waals surface area contributed by atoms with Crippen molar-refractivity contribution in [2.75, 3.05) is 11.9 Å². The Morgan fingerprint density at radius 3 is 2.44 bits per heavy atom. The van der Waals surface area contributed by atoms with Crippen molar-refractivity contribution in [3.63, 3.8) is 0 Å². The Balaban J connectivity index is 1.52. The number of urea groups is 1. The van der Waals surface area contributed by atoms with Crippen LogP contribution in [0.25, 0.3) is 0 Å². The Hall–Kier alpha value is -3.22. The van der Waals surface area contributed by atoms with Crippen LogP contribution in [-0.4, -0.2) is 24.1 Å². The maximum absolute atomic E-state index is 11.8. The van der Waals surface area contributed by atoms with Crippen LogP contribution in [-0.2, 0) is 11.3 Å². The number of carbonyl (C=O) groups is 2. The molecule has 3 rings (SSSR count). The van der Waals surface area contributed by atoms with Gasteiger partial charge in [0, 0.05) is 17.8 Å². The molecule has 7 nitrogen and oxygen atoms in total. The largest absolute Gasteiger partial charge is 0.484 e. The molecule has 2 aromatic rings. The molecule has 2 N–H and O–H groups in total. The summed E-state index contributed by atoms with van der Waals surface area (Å²) in [5.74, 6) is 0.486. The standard InChI is InChI=1S/C20H22N4O3/c1-20(2,3)24-18(25)12-27-15-7-4-13(5-8-15)11-21-14-6-9-16-17(10-14)23-19(26)22-16/h4-10,21H,11-12H2,1-3H3,(H,24,25). The smallest absolute Gasteiger partial charge is 0.368 e. The molecular weight excluding hydrogens is 344 g/mol. The molecule has 0 radical (unpaired) electrons. The van der Waals surface area contributed by atoms with E-state index in [9.17, 15) is 9.59 Å². The Morgan fingerprint density at radius 2 is 1.74 bits per heavy atom. The SMILES string of the molecule is CC(C)(C)NC(=O)COc1ccc(CNc2ccc3c(c2)=NC(=O)N=3)cc1. The number of fused-ring (bicyclic) bond motifs is 1. The van der Waals surface area contributed by atoms with Crippen LogP contribution in [0.1, 0.15) is 26.3 Å². The van der Waals surface area contributed by atoms with Crippen molar-refractivity contribution in [3.05, 3.63) is 58.7 Å². The first-order valence-corrected chi connectivity index (χ1v) is 8.67. The van der Waals surface area contributed by atoms with E-state index in [4.69, 9.17) is 4.74 Å². The number of hydrogen-bond donors (Lipinski definition) is 2.